The van der Waals surface area contributed by atoms with Crippen LogP contribution in [0.25, 0.3) is 0 Å². The Kier molecular flexibility index (Phi) is 5.16. The van der Waals surface area contributed by atoms with Crippen LogP contribution in [0, 0.1) is 17.7 Å². The third-order valence-corrected chi connectivity index (χ3v) is 7.94. The summed E-state index contributed by atoms with van der Waals surface area (Å²) in [6.07, 6.45) is 2.51. The van der Waals surface area contributed by atoms with Crippen molar-refractivity contribution < 1.29 is 14.3 Å². The zero-order valence-corrected chi connectivity index (χ0v) is 16.5. The summed E-state index contributed by atoms with van der Waals surface area (Å²) < 4.78 is 14.5. The molecular formula is C19H22BrFN2O2S. The van der Waals surface area contributed by atoms with E-state index in [-0.39, 0.29) is 45.6 Å². The predicted octanol–water partition coefficient (Wildman–Crippen LogP) is 2.30. The van der Waals surface area contributed by atoms with Gasteiger partial charge in [0.05, 0.1) is 11.4 Å². The predicted molar refractivity (Wildman–Crippen MR) is 105 cm³/mol. The van der Waals surface area contributed by atoms with Gasteiger partial charge in [-0.2, -0.15) is 0 Å². The van der Waals surface area contributed by atoms with Crippen LogP contribution in [0.1, 0.15) is 23.5 Å². The molecule has 3 aliphatic rings. The van der Waals surface area contributed by atoms with Crippen molar-refractivity contribution >= 4 is 33.6 Å². The van der Waals surface area contributed by atoms with E-state index in [9.17, 15) is 14.3 Å². The summed E-state index contributed by atoms with van der Waals surface area (Å²) in [7, 11) is 0. The third-order valence-electron chi connectivity index (χ3n) is 5.86. The first-order valence-corrected chi connectivity index (χ1v) is 10.8. The lowest BCUT2D eigenvalue weighted by Crippen LogP contribution is -2.63. The van der Waals surface area contributed by atoms with Gasteiger partial charge in [0.2, 0.25) is 5.91 Å². The molecule has 0 aromatic heterocycles. The van der Waals surface area contributed by atoms with Gasteiger partial charge in [0, 0.05) is 22.7 Å². The smallest absolute Gasteiger partial charge is 0.234 e. The van der Waals surface area contributed by atoms with E-state index in [2.05, 4.69) is 27.3 Å². The van der Waals surface area contributed by atoms with Crippen molar-refractivity contribution in [3.63, 3.8) is 0 Å². The molecule has 140 valence electrons. The molecule has 2 fully saturated rings. The molecule has 1 aromatic carbocycles. The second-order valence-corrected chi connectivity index (χ2v) is 9.54. The maximum atomic E-state index is 14.5. The van der Waals surface area contributed by atoms with Gasteiger partial charge in [0.15, 0.2) is 0 Å². The normalized spacial score (nSPS) is 38.6. The number of hydrogen-bond donors (Lipinski definition) is 3. The highest BCUT2D eigenvalue weighted by molar-refractivity contribution is 9.09. The first-order valence-electron chi connectivity index (χ1n) is 8.94. The minimum atomic E-state index is -0.588. The molecule has 0 radical (unpaired) electrons. The summed E-state index contributed by atoms with van der Waals surface area (Å²) >= 11 is 5.17. The Morgan fingerprint density at radius 2 is 2.23 bits per heavy atom. The first-order chi connectivity index (χ1) is 12.5. The molecule has 4 rings (SSSR count). The standard InChI is InChI=1S/C19H22BrFN2O2S/c20-12-8-14(24)15(10-2-1-9(3-5-22)13(21)7-10)16-11-4-6-26-18(11)19(25)23-17(12)16/h1-2,4,6-7,11-12,14-18,24H,3,5,8,22H2,(H,23,25). The Labute approximate surface area is 164 Å². The number of amides is 1. The first kappa shape index (κ1) is 18.5. The number of rotatable bonds is 3. The minimum absolute atomic E-state index is 0.00371. The van der Waals surface area contributed by atoms with Crippen LogP contribution < -0.4 is 11.1 Å². The number of aliphatic hydroxyl groups is 1. The van der Waals surface area contributed by atoms with E-state index in [0.717, 1.165) is 5.56 Å². The largest absolute Gasteiger partial charge is 0.392 e. The van der Waals surface area contributed by atoms with E-state index in [4.69, 9.17) is 5.73 Å². The number of thioether (sulfide) groups is 1. The quantitative estimate of drug-likeness (QED) is 0.630. The molecule has 26 heavy (non-hydrogen) atoms. The summed E-state index contributed by atoms with van der Waals surface area (Å²) in [5.74, 6) is -0.366. The average Bonchev–Trinajstić information content (AvgIpc) is 3.09. The van der Waals surface area contributed by atoms with E-state index in [0.29, 0.717) is 24.9 Å². The third kappa shape index (κ3) is 3.03. The van der Waals surface area contributed by atoms with Gasteiger partial charge in [-0.25, -0.2) is 4.39 Å². The van der Waals surface area contributed by atoms with Crippen molar-refractivity contribution in [1.82, 2.24) is 5.32 Å². The van der Waals surface area contributed by atoms with Crippen LogP contribution >= 0.6 is 27.7 Å². The van der Waals surface area contributed by atoms with Crippen LogP contribution in [0.2, 0.25) is 0 Å². The van der Waals surface area contributed by atoms with Crippen molar-refractivity contribution in [3.8, 4) is 0 Å². The maximum Gasteiger partial charge on any atom is 0.234 e. The molecule has 0 spiro atoms. The molecule has 7 unspecified atom stereocenters. The Balaban J connectivity index is 1.73. The van der Waals surface area contributed by atoms with Crippen molar-refractivity contribution in [2.45, 2.75) is 41.0 Å². The summed E-state index contributed by atoms with van der Waals surface area (Å²) in [6.45, 7) is 0.399. The van der Waals surface area contributed by atoms with Crippen molar-refractivity contribution in [1.29, 1.82) is 0 Å². The number of benzene rings is 1. The highest BCUT2D eigenvalue weighted by Crippen LogP contribution is 2.51. The zero-order valence-electron chi connectivity index (χ0n) is 14.1. The summed E-state index contributed by atoms with van der Waals surface area (Å²) in [4.78, 5) is 12.4. The number of carbonyl (C=O) groups is 1. The number of nitrogens with one attached hydrogen (secondary N) is 1. The fourth-order valence-electron chi connectivity index (χ4n) is 4.71. The molecule has 1 saturated heterocycles. The zero-order chi connectivity index (χ0) is 18.4. The Bertz CT molecular complexity index is 746. The number of hydrogen-bond acceptors (Lipinski definition) is 4. The van der Waals surface area contributed by atoms with Gasteiger partial charge in [0.1, 0.15) is 5.82 Å². The number of halogens is 2. The van der Waals surface area contributed by atoms with E-state index < -0.39 is 6.10 Å². The molecule has 7 atom stereocenters. The van der Waals surface area contributed by atoms with E-state index >= 15 is 0 Å². The Morgan fingerprint density at radius 1 is 1.42 bits per heavy atom. The fraction of sp³-hybridized carbons (Fsp3) is 0.526. The van der Waals surface area contributed by atoms with E-state index in [1.807, 2.05) is 11.5 Å². The van der Waals surface area contributed by atoms with Crippen LogP contribution in [-0.2, 0) is 11.2 Å². The van der Waals surface area contributed by atoms with Crippen molar-refractivity contribution in [2.75, 3.05) is 6.54 Å². The number of carbonyl (C=O) groups excluding carboxylic acids is 1. The second kappa shape index (κ2) is 7.26. The van der Waals surface area contributed by atoms with Gasteiger partial charge in [0.25, 0.3) is 0 Å². The van der Waals surface area contributed by atoms with Gasteiger partial charge in [-0.05, 0) is 47.9 Å². The number of aliphatic hydroxyl groups excluding tert-OH is 1. The Morgan fingerprint density at radius 3 is 2.96 bits per heavy atom. The fourth-order valence-corrected chi connectivity index (χ4v) is 6.66. The molecule has 1 saturated carbocycles. The molecule has 0 bridgehead atoms. The number of alkyl halides is 1. The lowest BCUT2D eigenvalue weighted by Gasteiger charge is -2.50. The molecule has 4 N–H and O–H groups in total. The number of allylic oxidation sites excluding steroid dienone is 1. The van der Waals surface area contributed by atoms with Gasteiger partial charge < -0.3 is 16.2 Å². The number of nitrogens with two attached hydrogens (primary N) is 1. The van der Waals surface area contributed by atoms with Gasteiger partial charge >= 0.3 is 0 Å². The van der Waals surface area contributed by atoms with Crippen molar-refractivity contribution in [3.05, 3.63) is 46.6 Å². The Hall–Kier alpha value is -0.890. The molecule has 4 nitrogen and oxygen atoms in total. The monoisotopic (exact) mass is 440 g/mol. The van der Waals surface area contributed by atoms with Crippen LogP contribution in [0.15, 0.2) is 29.7 Å². The van der Waals surface area contributed by atoms with Crippen LogP contribution in [0.5, 0.6) is 0 Å². The number of fused-ring (bicyclic) bond motifs is 3. The average molecular weight is 441 g/mol. The summed E-state index contributed by atoms with van der Waals surface area (Å²) in [5, 5.41) is 15.8. The molecule has 1 aliphatic carbocycles. The van der Waals surface area contributed by atoms with Gasteiger partial charge in [-0.1, -0.05) is 34.1 Å². The second-order valence-electron chi connectivity index (χ2n) is 7.31. The van der Waals surface area contributed by atoms with Crippen LogP contribution in [-0.4, -0.2) is 39.8 Å². The minimum Gasteiger partial charge on any atom is -0.392 e. The summed E-state index contributed by atoms with van der Waals surface area (Å²) in [6, 6.07) is 5.15. The maximum absolute atomic E-state index is 14.5. The van der Waals surface area contributed by atoms with Crippen LogP contribution in [0.3, 0.4) is 0 Å². The SMILES string of the molecule is NCCc1ccc(C2C(O)CC(Br)C3NC(=O)C4SC=CC4C32)cc1F. The molecule has 1 aromatic rings. The van der Waals surface area contributed by atoms with Crippen molar-refractivity contribution in [2.24, 2.45) is 17.6 Å². The molecule has 2 heterocycles. The highest BCUT2D eigenvalue weighted by Gasteiger charge is 2.54. The lowest BCUT2D eigenvalue weighted by atomic mass is 9.63. The van der Waals surface area contributed by atoms with E-state index in [1.165, 1.54) is 11.8 Å². The molecular weight excluding hydrogens is 419 g/mol. The van der Waals surface area contributed by atoms with Gasteiger partial charge in [-0.15, -0.1) is 11.8 Å². The van der Waals surface area contributed by atoms with E-state index in [1.54, 1.807) is 12.1 Å². The summed E-state index contributed by atoms with van der Waals surface area (Å²) in [5.41, 5.74) is 6.94. The lowest BCUT2D eigenvalue weighted by molar-refractivity contribution is -0.126. The van der Waals surface area contributed by atoms with Crippen LogP contribution in [0.4, 0.5) is 4.39 Å². The highest BCUT2D eigenvalue weighted by atomic mass is 79.9. The molecule has 7 heteroatoms. The topological polar surface area (TPSA) is 75.3 Å². The number of piperidine rings is 1. The molecule has 1 amide bonds. The van der Waals surface area contributed by atoms with Gasteiger partial charge in [-0.3, -0.25) is 4.79 Å². The molecule has 2 aliphatic heterocycles.